The standard InChI is InChI=1S/C12H9Br2FN2O2S/c13-9-6-8(2-3-11(9)15)17-20(18,19)12-4-1-7(16)5-10(12)14/h1-6,17H,16H2. The Morgan fingerprint density at radius 3 is 2.35 bits per heavy atom. The third kappa shape index (κ3) is 3.31. The Balaban J connectivity index is 2.38. The first-order chi connectivity index (χ1) is 9.29. The Bertz CT molecular complexity index is 766. The molecule has 0 saturated carbocycles. The van der Waals surface area contributed by atoms with E-state index in [4.69, 9.17) is 5.73 Å². The van der Waals surface area contributed by atoms with E-state index in [1.807, 2.05) is 0 Å². The molecule has 2 aromatic carbocycles. The summed E-state index contributed by atoms with van der Waals surface area (Å²) in [4.78, 5) is 0.0483. The highest BCUT2D eigenvalue weighted by Gasteiger charge is 2.18. The molecule has 106 valence electrons. The van der Waals surface area contributed by atoms with Crippen LogP contribution in [0.1, 0.15) is 0 Å². The number of anilines is 2. The van der Waals surface area contributed by atoms with Crippen molar-refractivity contribution in [1.29, 1.82) is 0 Å². The second-order valence-electron chi connectivity index (χ2n) is 3.92. The summed E-state index contributed by atoms with van der Waals surface area (Å²) in [6.07, 6.45) is 0. The maximum Gasteiger partial charge on any atom is 0.263 e. The molecule has 0 aliphatic rings. The van der Waals surface area contributed by atoms with Crippen LogP contribution >= 0.6 is 31.9 Å². The molecule has 0 fully saturated rings. The minimum atomic E-state index is -3.79. The van der Waals surface area contributed by atoms with E-state index in [-0.39, 0.29) is 15.1 Å². The Kier molecular flexibility index (Phi) is 4.36. The van der Waals surface area contributed by atoms with Crippen LogP contribution in [0, 0.1) is 5.82 Å². The highest BCUT2D eigenvalue weighted by molar-refractivity contribution is 9.10. The van der Waals surface area contributed by atoms with Crippen molar-refractivity contribution in [2.45, 2.75) is 4.90 Å². The monoisotopic (exact) mass is 422 g/mol. The summed E-state index contributed by atoms with van der Waals surface area (Å²) in [7, 11) is -3.79. The van der Waals surface area contributed by atoms with Crippen LogP contribution in [0.25, 0.3) is 0 Å². The summed E-state index contributed by atoms with van der Waals surface area (Å²) in [6.45, 7) is 0. The lowest BCUT2D eigenvalue weighted by Gasteiger charge is -2.10. The van der Waals surface area contributed by atoms with Crippen LogP contribution in [0.4, 0.5) is 15.8 Å². The first kappa shape index (κ1) is 15.3. The quantitative estimate of drug-likeness (QED) is 0.738. The van der Waals surface area contributed by atoms with Crippen molar-refractivity contribution in [3.63, 3.8) is 0 Å². The van der Waals surface area contributed by atoms with Gasteiger partial charge in [0.05, 0.1) is 10.2 Å². The topological polar surface area (TPSA) is 72.2 Å². The van der Waals surface area contributed by atoms with E-state index in [2.05, 4.69) is 36.6 Å². The van der Waals surface area contributed by atoms with Gasteiger partial charge in [-0.3, -0.25) is 4.72 Å². The predicted octanol–water partition coefficient (Wildman–Crippen LogP) is 3.73. The molecule has 0 bridgehead atoms. The van der Waals surface area contributed by atoms with Crippen molar-refractivity contribution in [3.05, 3.63) is 51.2 Å². The maximum atomic E-state index is 13.1. The number of nitrogen functional groups attached to an aromatic ring is 1. The van der Waals surface area contributed by atoms with Crippen LogP contribution in [0.3, 0.4) is 0 Å². The Hall–Kier alpha value is -1.12. The molecule has 2 aromatic rings. The van der Waals surface area contributed by atoms with Gasteiger partial charge in [-0.1, -0.05) is 0 Å². The summed E-state index contributed by atoms with van der Waals surface area (Å²) >= 11 is 6.15. The first-order valence-electron chi connectivity index (χ1n) is 5.32. The van der Waals surface area contributed by atoms with Gasteiger partial charge in [0, 0.05) is 10.2 Å². The van der Waals surface area contributed by atoms with Crippen LogP contribution in [-0.2, 0) is 10.0 Å². The fraction of sp³-hybridized carbons (Fsp3) is 0. The number of nitrogens with two attached hydrogens (primary N) is 1. The zero-order chi connectivity index (χ0) is 14.9. The lowest BCUT2D eigenvalue weighted by atomic mass is 10.3. The van der Waals surface area contributed by atoms with Gasteiger partial charge < -0.3 is 5.73 Å². The number of benzene rings is 2. The molecule has 2 rings (SSSR count). The normalized spacial score (nSPS) is 11.3. The van der Waals surface area contributed by atoms with Crippen LogP contribution in [0.15, 0.2) is 50.2 Å². The lowest BCUT2D eigenvalue weighted by molar-refractivity contribution is 0.600. The van der Waals surface area contributed by atoms with E-state index in [0.29, 0.717) is 10.2 Å². The average molecular weight is 424 g/mol. The number of hydrogen-bond donors (Lipinski definition) is 2. The largest absolute Gasteiger partial charge is 0.399 e. The van der Waals surface area contributed by atoms with Crippen LogP contribution in [0.5, 0.6) is 0 Å². The Morgan fingerprint density at radius 2 is 1.75 bits per heavy atom. The van der Waals surface area contributed by atoms with Crippen molar-refractivity contribution in [3.8, 4) is 0 Å². The molecule has 0 atom stereocenters. The molecule has 20 heavy (non-hydrogen) atoms. The fourth-order valence-electron chi connectivity index (χ4n) is 1.50. The van der Waals surface area contributed by atoms with Crippen molar-refractivity contribution in [2.24, 2.45) is 0 Å². The van der Waals surface area contributed by atoms with Crippen molar-refractivity contribution < 1.29 is 12.8 Å². The van der Waals surface area contributed by atoms with Crippen molar-refractivity contribution in [1.82, 2.24) is 0 Å². The third-order valence-corrected chi connectivity index (χ3v) is 5.38. The minimum Gasteiger partial charge on any atom is -0.399 e. The highest BCUT2D eigenvalue weighted by Crippen LogP contribution is 2.27. The molecule has 0 aliphatic carbocycles. The zero-order valence-corrected chi connectivity index (χ0v) is 13.9. The van der Waals surface area contributed by atoms with Gasteiger partial charge in [0.1, 0.15) is 10.7 Å². The second kappa shape index (κ2) is 5.71. The molecule has 8 heteroatoms. The SMILES string of the molecule is Nc1ccc(S(=O)(=O)Nc2ccc(F)c(Br)c2)c(Br)c1. The molecule has 4 nitrogen and oxygen atoms in total. The smallest absolute Gasteiger partial charge is 0.263 e. The molecule has 0 heterocycles. The summed E-state index contributed by atoms with van der Waals surface area (Å²) in [5.74, 6) is -0.471. The van der Waals surface area contributed by atoms with E-state index >= 15 is 0 Å². The number of hydrogen-bond acceptors (Lipinski definition) is 3. The van der Waals surface area contributed by atoms with E-state index in [9.17, 15) is 12.8 Å². The molecule has 0 aromatic heterocycles. The average Bonchev–Trinajstić information content (AvgIpc) is 2.33. The fourth-order valence-corrected chi connectivity index (χ4v) is 4.03. The number of halogens is 3. The van der Waals surface area contributed by atoms with Gasteiger partial charge in [-0.15, -0.1) is 0 Å². The van der Waals surface area contributed by atoms with E-state index in [1.54, 1.807) is 0 Å². The number of rotatable bonds is 3. The molecule has 0 radical (unpaired) electrons. The van der Waals surface area contributed by atoms with Gasteiger partial charge in [-0.2, -0.15) is 0 Å². The van der Waals surface area contributed by atoms with Crippen LogP contribution in [-0.4, -0.2) is 8.42 Å². The van der Waals surface area contributed by atoms with E-state index in [0.717, 1.165) is 0 Å². The lowest BCUT2D eigenvalue weighted by Crippen LogP contribution is -2.13. The second-order valence-corrected chi connectivity index (χ2v) is 7.28. The van der Waals surface area contributed by atoms with Gasteiger partial charge >= 0.3 is 0 Å². The maximum absolute atomic E-state index is 13.1. The van der Waals surface area contributed by atoms with Crippen LogP contribution < -0.4 is 10.5 Å². The molecule has 0 spiro atoms. The summed E-state index contributed by atoms with van der Waals surface area (Å²) in [5.41, 5.74) is 6.26. The molecule has 3 N–H and O–H groups in total. The third-order valence-electron chi connectivity index (χ3n) is 2.42. The summed E-state index contributed by atoms with van der Waals surface area (Å²) in [6, 6.07) is 8.22. The molecule has 0 unspecified atom stereocenters. The summed E-state index contributed by atoms with van der Waals surface area (Å²) in [5, 5.41) is 0. The van der Waals surface area contributed by atoms with Gasteiger partial charge in [0.15, 0.2) is 0 Å². The highest BCUT2D eigenvalue weighted by atomic mass is 79.9. The van der Waals surface area contributed by atoms with Gasteiger partial charge in [-0.25, -0.2) is 12.8 Å². The Labute approximate surface area is 132 Å². The number of sulfonamides is 1. The van der Waals surface area contributed by atoms with E-state index in [1.165, 1.54) is 36.4 Å². The van der Waals surface area contributed by atoms with Gasteiger partial charge in [0.2, 0.25) is 0 Å². The molecular weight excluding hydrogens is 415 g/mol. The predicted molar refractivity (Wildman–Crippen MR) is 83.5 cm³/mol. The molecule has 0 amide bonds. The zero-order valence-electron chi connectivity index (χ0n) is 9.90. The van der Waals surface area contributed by atoms with Gasteiger partial charge in [-0.05, 0) is 68.3 Å². The van der Waals surface area contributed by atoms with Gasteiger partial charge in [0.25, 0.3) is 10.0 Å². The molecular formula is C12H9Br2FN2O2S. The first-order valence-corrected chi connectivity index (χ1v) is 8.39. The summed E-state index contributed by atoms with van der Waals surface area (Å²) < 4.78 is 40.5. The van der Waals surface area contributed by atoms with Crippen molar-refractivity contribution in [2.75, 3.05) is 10.5 Å². The van der Waals surface area contributed by atoms with E-state index < -0.39 is 15.8 Å². The minimum absolute atomic E-state index is 0.0483. The van der Waals surface area contributed by atoms with Crippen molar-refractivity contribution >= 4 is 53.3 Å². The molecule has 0 saturated heterocycles. The Morgan fingerprint density at radius 1 is 1.05 bits per heavy atom. The van der Waals surface area contributed by atoms with Crippen LogP contribution in [0.2, 0.25) is 0 Å². The number of nitrogens with one attached hydrogen (secondary N) is 1. The molecule has 0 aliphatic heterocycles.